The fraction of sp³-hybridized carbons (Fsp3) is 0.600. The fourth-order valence-corrected chi connectivity index (χ4v) is 4.58. The van der Waals surface area contributed by atoms with Gasteiger partial charge in [-0.15, -0.1) is 0 Å². The molecule has 1 aliphatic heterocycles. The highest BCUT2D eigenvalue weighted by Crippen LogP contribution is 2.28. The number of likely N-dealkylation sites (tertiary alicyclic amines) is 1. The molecular weight excluding hydrogens is 418 g/mol. The summed E-state index contributed by atoms with van der Waals surface area (Å²) in [6.07, 6.45) is 4.54. The molecule has 8 nitrogen and oxygen atoms in total. The first-order chi connectivity index (χ1) is 15.8. The van der Waals surface area contributed by atoms with Gasteiger partial charge in [0, 0.05) is 25.4 Å². The molecule has 2 aromatic rings. The van der Waals surface area contributed by atoms with E-state index >= 15 is 0 Å². The molecule has 1 saturated heterocycles. The molecule has 0 bridgehead atoms. The van der Waals surface area contributed by atoms with Gasteiger partial charge in [-0.1, -0.05) is 32.4 Å². The molecule has 0 saturated carbocycles. The van der Waals surface area contributed by atoms with Crippen LogP contribution in [0.25, 0.3) is 11.0 Å². The van der Waals surface area contributed by atoms with E-state index in [4.69, 9.17) is 0 Å². The number of imidazole rings is 1. The van der Waals surface area contributed by atoms with Crippen molar-refractivity contribution in [2.45, 2.75) is 84.0 Å². The maximum absolute atomic E-state index is 13.8. The van der Waals surface area contributed by atoms with Crippen LogP contribution in [-0.2, 0) is 14.4 Å². The van der Waals surface area contributed by atoms with Gasteiger partial charge in [0.1, 0.15) is 12.1 Å². The van der Waals surface area contributed by atoms with Gasteiger partial charge in [-0.3, -0.25) is 14.5 Å². The fourth-order valence-electron chi connectivity index (χ4n) is 4.58. The summed E-state index contributed by atoms with van der Waals surface area (Å²) in [4.78, 5) is 48.4. The Bertz CT molecular complexity index is 939. The lowest BCUT2D eigenvalue weighted by Crippen LogP contribution is -2.71. The lowest BCUT2D eigenvalue weighted by atomic mass is 9.93. The minimum atomic E-state index is -1.42. The Morgan fingerprint density at radius 1 is 1.27 bits per heavy atom. The molecule has 1 aromatic heterocycles. The molecule has 3 N–H and O–H groups in total. The zero-order valence-electron chi connectivity index (χ0n) is 20.2. The van der Waals surface area contributed by atoms with E-state index < -0.39 is 11.7 Å². The topological polar surface area (TPSA) is 107 Å². The van der Waals surface area contributed by atoms with Crippen molar-refractivity contribution < 1.29 is 14.4 Å². The molecule has 2 amide bonds. The maximum atomic E-state index is 13.8. The minimum Gasteiger partial charge on any atom is -0.343 e. The van der Waals surface area contributed by atoms with Crippen LogP contribution in [0, 0.1) is 5.92 Å². The number of aldehydes is 1. The molecule has 0 aliphatic carbocycles. The van der Waals surface area contributed by atoms with Crippen molar-refractivity contribution >= 4 is 29.1 Å². The highest BCUT2D eigenvalue weighted by molar-refractivity contribution is 5.93. The van der Waals surface area contributed by atoms with E-state index in [1.807, 2.05) is 36.1 Å². The second kappa shape index (κ2) is 10.9. The number of hydrogen-bond acceptors (Lipinski definition) is 5. The second-order valence-corrected chi connectivity index (χ2v) is 9.58. The zero-order chi connectivity index (χ0) is 24.0. The maximum Gasteiger partial charge on any atom is 0.262 e. The lowest BCUT2D eigenvalue weighted by Gasteiger charge is -2.47. The number of nitrogens with zero attached hydrogens (tertiary/aromatic N) is 2. The number of hydrogen-bond donors (Lipinski definition) is 3. The van der Waals surface area contributed by atoms with Gasteiger partial charge in [-0.05, 0) is 51.2 Å². The summed E-state index contributed by atoms with van der Waals surface area (Å²) >= 11 is 0. The Morgan fingerprint density at radius 3 is 2.70 bits per heavy atom. The third-order valence-corrected chi connectivity index (χ3v) is 6.51. The van der Waals surface area contributed by atoms with Crippen LogP contribution in [0.1, 0.15) is 78.1 Å². The molecule has 2 unspecified atom stereocenters. The Balaban J connectivity index is 1.88. The molecule has 1 aliphatic rings. The lowest BCUT2D eigenvalue weighted by molar-refractivity contribution is -0.148. The number of carbonyl (C=O) groups excluding carboxylic acids is 3. The number of nitrogens with one attached hydrogen (secondary N) is 3. The number of benzene rings is 1. The Morgan fingerprint density at radius 2 is 2.03 bits per heavy atom. The summed E-state index contributed by atoms with van der Waals surface area (Å²) in [6, 6.07) is 7.31. The molecule has 0 radical (unpaired) electrons. The van der Waals surface area contributed by atoms with Crippen LogP contribution in [0.3, 0.4) is 0 Å². The number of aromatic nitrogens is 2. The van der Waals surface area contributed by atoms with E-state index in [1.54, 1.807) is 0 Å². The monoisotopic (exact) mass is 455 g/mol. The van der Waals surface area contributed by atoms with E-state index in [9.17, 15) is 14.4 Å². The molecule has 1 aromatic carbocycles. The number of rotatable bonds is 10. The summed E-state index contributed by atoms with van der Waals surface area (Å²) < 4.78 is 0. The number of carbonyl (C=O) groups is 3. The van der Waals surface area contributed by atoms with Gasteiger partial charge >= 0.3 is 0 Å². The standard InChI is InChI=1S/C25H37N5O3/c1-17(2)12-13-22(32)29-25(14-16-31,30-15-8-7-9-18(30)3)24(33)26-19(4)23-27-20-10-5-6-11-21(20)28-23/h5-6,10-11,16-19H,7-9,12-15H2,1-4H3,(H,26,33)(H,27,28)(H,29,32)/t18?,19-,25?/m0/s1. The van der Waals surface area contributed by atoms with E-state index in [-0.39, 0.29) is 24.3 Å². The highest BCUT2D eigenvalue weighted by Gasteiger charge is 2.48. The van der Waals surface area contributed by atoms with Crippen molar-refractivity contribution in [3.8, 4) is 0 Å². The molecule has 33 heavy (non-hydrogen) atoms. The quantitative estimate of drug-likeness (QED) is 0.476. The van der Waals surface area contributed by atoms with Crippen LogP contribution >= 0.6 is 0 Å². The molecule has 1 fully saturated rings. The number of amides is 2. The summed E-state index contributed by atoms with van der Waals surface area (Å²) in [5.74, 6) is 0.401. The molecule has 2 heterocycles. The van der Waals surface area contributed by atoms with Crippen molar-refractivity contribution in [3.63, 3.8) is 0 Å². The van der Waals surface area contributed by atoms with Crippen LogP contribution in [0.15, 0.2) is 24.3 Å². The van der Waals surface area contributed by atoms with Crippen LogP contribution in [0.2, 0.25) is 0 Å². The van der Waals surface area contributed by atoms with Gasteiger partial charge in [0.05, 0.1) is 17.1 Å². The second-order valence-electron chi connectivity index (χ2n) is 9.58. The molecule has 180 valence electrons. The smallest absolute Gasteiger partial charge is 0.262 e. The molecule has 0 spiro atoms. The average Bonchev–Trinajstić information content (AvgIpc) is 3.22. The summed E-state index contributed by atoms with van der Waals surface area (Å²) in [5.41, 5.74) is 0.287. The SMILES string of the molecule is CC(C)CCC(=O)NC(CC=O)(C(=O)N[C@@H](C)c1nc2ccccc2[nH]1)N1CCCCC1C. The summed E-state index contributed by atoms with van der Waals surface area (Å²) in [6.45, 7) is 8.66. The number of para-hydroxylation sites is 2. The predicted molar refractivity (Wildman–Crippen MR) is 128 cm³/mol. The van der Waals surface area contributed by atoms with Gasteiger partial charge < -0.3 is 20.4 Å². The van der Waals surface area contributed by atoms with Crippen LogP contribution < -0.4 is 10.6 Å². The molecule has 3 atom stereocenters. The number of piperidine rings is 1. The third-order valence-electron chi connectivity index (χ3n) is 6.51. The molecule has 3 rings (SSSR count). The van der Waals surface area contributed by atoms with Crippen molar-refractivity contribution in [3.05, 3.63) is 30.1 Å². The minimum absolute atomic E-state index is 0.0661. The first kappa shape index (κ1) is 24.9. The van der Waals surface area contributed by atoms with Gasteiger partial charge in [0.25, 0.3) is 5.91 Å². The van der Waals surface area contributed by atoms with Crippen molar-refractivity contribution in [2.75, 3.05) is 6.54 Å². The highest BCUT2D eigenvalue weighted by atomic mass is 16.2. The number of aromatic amines is 1. The normalized spacial score (nSPS) is 19.7. The van der Waals surface area contributed by atoms with Gasteiger partial charge in [0.15, 0.2) is 5.66 Å². The number of fused-ring (bicyclic) bond motifs is 1. The van der Waals surface area contributed by atoms with Gasteiger partial charge in [0.2, 0.25) is 5.91 Å². The van der Waals surface area contributed by atoms with Crippen molar-refractivity contribution in [1.82, 2.24) is 25.5 Å². The van der Waals surface area contributed by atoms with Crippen LogP contribution in [0.4, 0.5) is 0 Å². The largest absolute Gasteiger partial charge is 0.343 e. The average molecular weight is 456 g/mol. The summed E-state index contributed by atoms with van der Waals surface area (Å²) in [5, 5.41) is 6.01. The number of H-pyrrole nitrogens is 1. The Hall–Kier alpha value is -2.74. The van der Waals surface area contributed by atoms with Gasteiger partial charge in [-0.25, -0.2) is 4.98 Å². The Labute approximate surface area is 195 Å². The van der Waals surface area contributed by atoms with Crippen molar-refractivity contribution in [1.29, 1.82) is 0 Å². The zero-order valence-corrected chi connectivity index (χ0v) is 20.2. The third kappa shape index (κ3) is 5.79. The van der Waals surface area contributed by atoms with E-state index in [0.29, 0.717) is 24.7 Å². The predicted octanol–water partition coefficient (Wildman–Crippen LogP) is 3.45. The van der Waals surface area contributed by atoms with E-state index in [1.165, 1.54) is 0 Å². The first-order valence-corrected chi connectivity index (χ1v) is 12.0. The van der Waals surface area contributed by atoms with Crippen LogP contribution in [0.5, 0.6) is 0 Å². The van der Waals surface area contributed by atoms with Gasteiger partial charge in [-0.2, -0.15) is 0 Å². The first-order valence-electron chi connectivity index (χ1n) is 12.0. The van der Waals surface area contributed by atoms with E-state index in [0.717, 1.165) is 43.0 Å². The molecular formula is C25H37N5O3. The summed E-state index contributed by atoms with van der Waals surface area (Å²) in [7, 11) is 0. The molecule has 8 heteroatoms. The Kier molecular flexibility index (Phi) is 8.24. The van der Waals surface area contributed by atoms with E-state index in [2.05, 4.69) is 41.4 Å². The van der Waals surface area contributed by atoms with Crippen molar-refractivity contribution in [2.24, 2.45) is 5.92 Å². The van der Waals surface area contributed by atoms with Crippen LogP contribution in [-0.4, -0.2) is 51.2 Å².